The van der Waals surface area contributed by atoms with Crippen LogP contribution in [0.1, 0.15) is 93.4 Å². The van der Waals surface area contributed by atoms with Crippen molar-refractivity contribution in [2.24, 2.45) is 44.8 Å². The van der Waals surface area contributed by atoms with Gasteiger partial charge in [-0.2, -0.15) is 0 Å². The van der Waals surface area contributed by atoms with Crippen molar-refractivity contribution in [2.75, 3.05) is 0 Å². The molecule has 0 aromatic carbocycles. The predicted molar refractivity (Wildman–Crippen MR) is 101 cm³/mol. The molecule has 0 aromatic heterocycles. The van der Waals surface area contributed by atoms with Gasteiger partial charge in [0.25, 0.3) is 0 Å². The van der Waals surface area contributed by atoms with Gasteiger partial charge in [0.15, 0.2) is 0 Å². The lowest BCUT2D eigenvalue weighted by Gasteiger charge is -2.64. The van der Waals surface area contributed by atoms with Crippen LogP contribution in [0, 0.1) is 44.8 Å². The summed E-state index contributed by atoms with van der Waals surface area (Å²) in [5, 5.41) is 11.4. The highest BCUT2D eigenvalue weighted by atomic mass is 16.3. The largest absolute Gasteiger partial charge is 0.393 e. The Hall–Kier alpha value is -0.0400. The summed E-state index contributed by atoms with van der Waals surface area (Å²) in [5.41, 5.74) is 2.12. The molecule has 0 bridgehead atoms. The Bertz CT molecular complexity index is 548. The molecule has 4 aliphatic rings. The van der Waals surface area contributed by atoms with E-state index >= 15 is 0 Å². The Labute approximate surface area is 150 Å². The van der Waals surface area contributed by atoms with Gasteiger partial charge in [-0.05, 0) is 89.8 Å². The van der Waals surface area contributed by atoms with Crippen LogP contribution in [0.15, 0.2) is 0 Å². The second-order valence-corrected chi connectivity index (χ2v) is 11.7. The zero-order valence-electron chi connectivity index (χ0n) is 17.2. The minimum absolute atomic E-state index is 0.0804. The smallest absolute Gasteiger partial charge is 0.0582 e. The van der Waals surface area contributed by atoms with Gasteiger partial charge in [0, 0.05) is 0 Å². The second kappa shape index (κ2) is 4.62. The van der Waals surface area contributed by atoms with Crippen LogP contribution in [0.4, 0.5) is 0 Å². The Morgan fingerprint density at radius 2 is 1.62 bits per heavy atom. The van der Waals surface area contributed by atoms with Crippen molar-refractivity contribution >= 4 is 0 Å². The molecule has 0 amide bonds. The average molecular weight is 333 g/mol. The van der Waals surface area contributed by atoms with Gasteiger partial charge in [0.2, 0.25) is 0 Å². The molecule has 138 valence electrons. The first-order valence-corrected chi connectivity index (χ1v) is 10.7. The quantitative estimate of drug-likeness (QED) is 0.619. The highest BCUT2D eigenvalue weighted by molar-refractivity contribution is 5.30. The zero-order chi connectivity index (χ0) is 17.8. The number of rotatable bonds is 1. The first kappa shape index (κ1) is 17.4. The lowest BCUT2D eigenvalue weighted by molar-refractivity contribution is -0.185. The van der Waals surface area contributed by atoms with Crippen LogP contribution in [0.25, 0.3) is 0 Å². The van der Waals surface area contributed by atoms with Gasteiger partial charge in [-0.1, -0.05) is 48.5 Å². The predicted octanol–water partition coefficient (Wildman–Crippen LogP) is 6.05. The van der Waals surface area contributed by atoms with E-state index in [1.807, 2.05) is 0 Å². The van der Waals surface area contributed by atoms with E-state index in [0.29, 0.717) is 33.0 Å². The van der Waals surface area contributed by atoms with Gasteiger partial charge >= 0.3 is 0 Å². The molecule has 0 radical (unpaired) electrons. The summed E-state index contributed by atoms with van der Waals surface area (Å²) in [5.74, 6) is 2.01. The summed E-state index contributed by atoms with van der Waals surface area (Å²) >= 11 is 0. The maximum absolute atomic E-state index is 11.4. The van der Waals surface area contributed by atoms with Crippen LogP contribution in [0.5, 0.6) is 0 Å². The molecule has 4 fully saturated rings. The number of aliphatic hydroxyl groups excluding tert-OH is 1. The third-order valence-corrected chi connectivity index (χ3v) is 11.0. The summed E-state index contributed by atoms with van der Waals surface area (Å²) in [6.45, 7) is 17.3. The van der Waals surface area contributed by atoms with Crippen molar-refractivity contribution in [1.82, 2.24) is 0 Å². The van der Waals surface area contributed by atoms with Crippen LogP contribution in [-0.4, -0.2) is 11.2 Å². The number of hydrogen-bond acceptors (Lipinski definition) is 1. The second-order valence-electron chi connectivity index (χ2n) is 11.7. The molecule has 0 unspecified atom stereocenters. The molecule has 4 aliphatic carbocycles. The van der Waals surface area contributed by atoms with Gasteiger partial charge in [0.05, 0.1) is 6.10 Å². The van der Waals surface area contributed by atoms with Crippen LogP contribution in [0.2, 0.25) is 0 Å². The Morgan fingerprint density at radius 1 is 0.958 bits per heavy atom. The molecule has 0 saturated heterocycles. The van der Waals surface area contributed by atoms with E-state index in [9.17, 15) is 5.11 Å². The van der Waals surface area contributed by atoms with Crippen molar-refractivity contribution in [1.29, 1.82) is 0 Å². The molecule has 0 heterocycles. The van der Waals surface area contributed by atoms with Crippen molar-refractivity contribution in [3.05, 3.63) is 0 Å². The molecule has 0 aromatic rings. The van der Waals surface area contributed by atoms with Crippen molar-refractivity contribution < 1.29 is 5.11 Å². The van der Waals surface area contributed by atoms with Gasteiger partial charge < -0.3 is 5.11 Å². The highest BCUT2D eigenvalue weighted by Crippen LogP contribution is 2.87. The summed E-state index contributed by atoms with van der Waals surface area (Å²) in [4.78, 5) is 0. The van der Waals surface area contributed by atoms with E-state index < -0.39 is 0 Å². The summed E-state index contributed by atoms with van der Waals surface area (Å²) in [6.07, 6.45) is 9.24. The average Bonchev–Trinajstić information content (AvgIpc) is 3.15. The minimum Gasteiger partial charge on any atom is -0.393 e. The molecular weight excluding hydrogens is 292 g/mol. The van der Waals surface area contributed by atoms with Gasteiger partial charge in [-0.3, -0.25) is 0 Å². The normalized spacial score (nSPS) is 57.5. The molecular formula is C23H40O. The lowest BCUT2D eigenvalue weighted by Crippen LogP contribution is -2.60. The summed E-state index contributed by atoms with van der Waals surface area (Å²) in [6, 6.07) is 0. The SMILES string of the molecule is CC[C@@]1(C)[C@@H]2C[C@H](O)[C@H]3C(C)(C)[C@@H](C)CC[C@@]34C[C@@]24CCC1(C)C. The molecule has 4 rings (SSSR count). The van der Waals surface area contributed by atoms with Crippen molar-refractivity contribution in [2.45, 2.75) is 99.5 Å². The van der Waals surface area contributed by atoms with Gasteiger partial charge in [0.1, 0.15) is 0 Å². The molecule has 2 spiro atoms. The molecule has 1 nitrogen and oxygen atoms in total. The fourth-order valence-electron chi connectivity index (χ4n) is 8.63. The standard InChI is InChI=1S/C23H40O/c1-8-21(7)17-13-16(24)18-20(5,6)15(2)9-10-23(18)14-22(17,23)12-11-19(21,3)4/h15-18,24H,8-14H2,1-7H3/t15-,16-,17-,18-,21-,22-,23+/m0/s1. The van der Waals surface area contributed by atoms with Gasteiger partial charge in [-0.25, -0.2) is 0 Å². The van der Waals surface area contributed by atoms with E-state index in [-0.39, 0.29) is 6.10 Å². The Morgan fingerprint density at radius 3 is 2.25 bits per heavy atom. The van der Waals surface area contributed by atoms with E-state index in [4.69, 9.17) is 0 Å². The number of hydrogen-bond donors (Lipinski definition) is 1. The number of aliphatic hydroxyl groups is 1. The van der Waals surface area contributed by atoms with E-state index in [1.165, 1.54) is 38.5 Å². The third-order valence-electron chi connectivity index (χ3n) is 11.0. The topological polar surface area (TPSA) is 20.2 Å². The first-order chi connectivity index (χ1) is 11.0. The van der Waals surface area contributed by atoms with Gasteiger partial charge in [-0.15, -0.1) is 0 Å². The highest BCUT2D eigenvalue weighted by Gasteiger charge is 2.81. The van der Waals surface area contributed by atoms with E-state index in [2.05, 4.69) is 48.5 Å². The summed E-state index contributed by atoms with van der Waals surface area (Å²) in [7, 11) is 0. The van der Waals surface area contributed by atoms with Crippen LogP contribution in [0.3, 0.4) is 0 Å². The third kappa shape index (κ3) is 1.67. The summed E-state index contributed by atoms with van der Waals surface area (Å²) < 4.78 is 0. The molecule has 0 aliphatic heterocycles. The maximum Gasteiger partial charge on any atom is 0.0582 e. The Kier molecular flexibility index (Phi) is 3.34. The molecule has 1 N–H and O–H groups in total. The first-order valence-electron chi connectivity index (χ1n) is 10.7. The molecule has 7 atom stereocenters. The van der Waals surface area contributed by atoms with E-state index in [0.717, 1.165) is 18.3 Å². The Balaban J connectivity index is 1.80. The molecule has 4 saturated carbocycles. The molecule has 24 heavy (non-hydrogen) atoms. The fraction of sp³-hybridized carbons (Fsp3) is 1.00. The van der Waals surface area contributed by atoms with Crippen LogP contribution in [-0.2, 0) is 0 Å². The van der Waals surface area contributed by atoms with Crippen LogP contribution < -0.4 is 0 Å². The van der Waals surface area contributed by atoms with Crippen molar-refractivity contribution in [3.63, 3.8) is 0 Å². The lowest BCUT2D eigenvalue weighted by atomic mass is 9.41. The zero-order valence-corrected chi connectivity index (χ0v) is 17.2. The minimum atomic E-state index is -0.0804. The van der Waals surface area contributed by atoms with Crippen molar-refractivity contribution in [3.8, 4) is 0 Å². The monoisotopic (exact) mass is 332 g/mol. The van der Waals surface area contributed by atoms with Crippen LogP contribution >= 0.6 is 0 Å². The maximum atomic E-state index is 11.4. The fourth-order valence-corrected chi connectivity index (χ4v) is 8.63. The molecule has 1 heteroatoms. The van der Waals surface area contributed by atoms with E-state index in [1.54, 1.807) is 0 Å².